The van der Waals surface area contributed by atoms with Gasteiger partial charge in [-0.2, -0.15) is 0 Å². The van der Waals surface area contributed by atoms with Crippen molar-refractivity contribution in [2.24, 2.45) is 0 Å². The van der Waals surface area contributed by atoms with Crippen LogP contribution in [0.3, 0.4) is 0 Å². The molecule has 1 N–H and O–H groups in total. The molecular weight excluding hydrogens is 192 g/mol. The molecule has 2 nitrogen and oxygen atoms in total. The average Bonchev–Trinajstić information content (AvgIpc) is 2.86. The quantitative estimate of drug-likeness (QED) is 0.771. The van der Waals surface area contributed by atoms with Crippen molar-refractivity contribution >= 4 is 21.6 Å². The first-order valence-electron chi connectivity index (χ1n) is 4.99. The van der Waals surface area contributed by atoms with Crippen LogP contribution in [0, 0.1) is 0 Å². The lowest BCUT2D eigenvalue weighted by molar-refractivity contribution is 0.779. The van der Waals surface area contributed by atoms with E-state index in [0.29, 0.717) is 5.92 Å². The van der Waals surface area contributed by atoms with Crippen molar-refractivity contribution in [3.05, 3.63) is 29.3 Å². The van der Waals surface area contributed by atoms with Crippen molar-refractivity contribution in [3.63, 3.8) is 0 Å². The Hall–Kier alpha value is -0.930. The smallest absolute Gasteiger partial charge is 0.0812 e. The van der Waals surface area contributed by atoms with E-state index in [0.717, 1.165) is 18.6 Å². The lowest BCUT2D eigenvalue weighted by Crippen LogP contribution is -2.07. The van der Waals surface area contributed by atoms with Crippen LogP contribution < -0.4 is 5.32 Å². The molecule has 0 aromatic carbocycles. The summed E-state index contributed by atoms with van der Waals surface area (Å²) in [6.07, 6.45) is 3.14. The third kappa shape index (κ3) is 1.33. The molecule has 3 heteroatoms. The van der Waals surface area contributed by atoms with E-state index in [-0.39, 0.29) is 0 Å². The Morgan fingerprint density at radius 1 is 1.50 bits per heavy atom. The number of thiophene rings is 1. The molecule has 3 rings (SSSR count). The minimum atomic E-state index is 0.717. The molecule has 2 aromatic rings. The highest BCUT2D eigenvalue weighted by Gasteiger charge is 2.18. The summed E-state index contributed by atoms with van der Waals surface area (Å²) in [7, 11) is 0. The number of fused-ring (bicyclic) bond motifs is 1. The number of nitrogens with zero attached hydrogens (tertiary/aromatic N) is 1. The van der Waals surface area contributed by atoms with E-state index in [2.05, 4.69) is 22.4 Å². The maximum atomic E-state index is 4.36. The lowest BCUT2D eigenvalue weighted by atomic mass is 10.1. The van der Waals surface area contributed by atoms with Crippen LogP contribution in [0.15, 0.2) is 24.4 Å². The Labute approximate surface area is 87.0 Å². The van der Waals surface area contributed by atoms with Gasteiger partial charge < -0.3 is 5.32 Å². The van der Waals surface area contributed by atoms with Crippen molar-refractivity contribution in [1.29, 1.82) is 0 Å². The molecule has 0 bridgehead atoms. The van der Waals surface area contributed by atoms with E-state index in [1.807, 2.05) is 23.6 Å². The first kappa shape index (κ1) is 8.38. The molecule has 1 atom stereocenters. The van der Waals surface area contributed by atoms with Gasteiger partial charge in [-0.05, 0) is 31.2 Å². The van der Waals surface area contributed by atoms with Crippen molar-refractivity contribution < 1.29 is 0 Å². The maximum absolute atomic E-state index is 4.36. The van der Waals surface area contributed by atoms with Gasteiger partial charge in [-0.15, -0.1) is 11.3 Å². The third-order valence-corrected chi connectivity index (χ3v) is 4.02. The van der Waals surface area contributed by atoms with Gasteiger partial charge in [0.1, 0.15) is 0 Å². The van der Waals surface area contributed by atoms with Crippen LogP contribution in [-0.4, -0.2) is 18.1 Å². The highest BCUT2D eigenvalue weighted by atomic mass is 32.1. The second kappa shape index (κ2) is 3.33. The van der Waals surface area contributed by atoms with Gasteiger partial charge in [0, 0.05) is 23.5 Å². The van der Waals surface area contributed by atoms with E-state index in [1.54, 1.807) is 0 Å². The monoisotopic (exact) mass is 204 g/mol. The van der Waals surface area contributed by atoms with E-state index >= 15 is 0 Å². The number of aromatic nitrogens is 1. The van der Waals surface area contributed by atoms with E-state index < -0.39 is 0 Å². The molecule has 1 aliphatic heterocycles. The van der Waals surface area contributed by atoms with Crippen molar-refractivity contribution in [3.8, 4) is 0 Å². The van der Waals surface area contributed by atoms with Gasteiger partial charge in [0.2, 0.25) is 0 Å². The van der Waals surface area contributed by atoms with E-state index in [9.17, 15) is 0 Å². The van der Waals surface area contributed by atoms with Gasteiger partial charge in [0.25, 0.3) is 0 Å². The molecule has 1 fully saturated rings. The molecule has 0 amide bonds. The molecule has 0 aliphatic carbocycles. The summed E-state index contributed by atoms with van der Waals surface area (Å²) in [5.41, 5.74) is 1.15. The van der Waals surface area contributed by atoms with Gasteiger partial charge in [-0.1, -0.05) is 0 Å². The summed E-state index contributed by atoms with van der Waals surface area (Å²) >= 11 is 1.89. The lowest BCUT2D eigenvalue weighted by Gasteiger charge is -2.02. The first-order valence-corrected chi connectivity index (χ1v) is 5.80. The molecule has 0 saturated carbocycles. The highest BCUT2D eigenvalue weighted by molar-refractivity contribution is 7.19. The van der Waals surface area contributed by atoms with Gasteiger partial charge >= 0.3 is 0 Å². The molecule has 1 aliphatic rings. The summed E-state index contributed by atoms with van der Waals surface area (Å²) in [4.78, 5) is 5.85. The Bertz CT molecular complexity index is 410. The van der Waals surface area contributed by atoms with Crippen molar-refractivity contribution in [2.45, 2.75) is 12.3 Å². The number of hydrogen-bond acceptors (Lipinski definition) is 3. The fourth-order valence-electron chi connectivity index (χ4n) is 1.99. The fourth-order valence-corrected chi connectivity index (χ4v) is 3.14. The van der Waals surface area contributed by atoms with E-state index in [1.165, 1.54) is 16.0 Å². The molecular formula is C11H12N2S. The predicted molar refractivity (Wildman–Crippen MR) is 59.8 cm³/mol. The minimum absolute atomic E-state index is 0.717. The highest BCUT2D eigenvalue weighted by Crippen LogP contribution is 2.32. The fraction of sp³-hybridized carbons (Fsp3) is 0.364. The zero-order chi connectivity index (χ0) is 9.38. The second-order valence-electron chi connectivity index (χ2n) is 3.73. The van der Waals surface area contributed by atoms with Crippen LogP contribution in [-0.2, 0) is 0 Å². The van der Waals surface area contributed by atoms with Crippen LogP contribution in [0.2, 0.25) is 0 Å². The first-order chi connectivity index (χ1) is 6.93. The third-order valence-electron chi connectivity index (χ3n) is 2.77. The average molecular weight is 204 g/mol. The van der Waals surface area contributed by atoms with Gasteiger partial charge in [-0.25, -0.2) is 0 Å². The number of rotatable bonds is 1. The summed E-state index contributed by atoms with van der Waals surface area (Å²) in [5, 5.41) is 3.40. The summed E-state index contributed by atoms with van der Waals surface area (Å²) in [5.74, 6) is 0.717. The molecule has 14 heavy (non-hydrogen) atoms. The minimum Gasteiger partial charge on any atom is -0.316 e. The summed E-state index contributed by atoms with van der Waals surface area (Å²) < 4.78 is 1.31. The van der Waals surface area contributed by atoms with Crippen LogP contribution in [0.5, 0.6) is 0 Å². The van der Waals surface area contributed by atoms with E-state index in [4.69, 9.17) is 0 Å². The zero-order valence-corrected chi connectivity index (χ0v) is 8.68. The SMILES string of the molecule is c1cnc2cc(C3CCNC3)sc2c1. The van der Waals surface area contributed by atoms with Crippen molar-refractivity contribution in [2.75, 3.05) is 13.1 Å². The maximum Gasteiger partial charge on any atom is 0.0812 e. The normalized spacial score (nSPS) is 21.9. The zero-order valence-electron chi connectivity index (χ0n) is 7.86. The van der Waals surface area contributed by atoms with Crippen LogP contribution in [0.4, 0.5) is 0 Å². The summed E-state index contributed by atoms with van der Waals surface area (Å²) in [6, 6.07) is 6.41. The second-order valence-corrected chi connectivity index (χ2v) is 4.84. The molecule has 1 saturated heterocycles. The number of nitrogens with one attached hydrogen (secondary N) is 1. The largest absolute Gasteiger partial charge is 0.316 e. The molecule has 0 spiro atoms. The van der Waals surface area contributed by atoms with Crippen LogP contribution in [0.1, 0.15) is 17.2 Å². The molecule has 2 aromatic heterocycles. The Morgan fingerprint density at radius 3 is 3.29 bits per heavy atom. The number of pyridine rings is 1. The molecule has 1 unspecified atom stereocenters. The standard InChI is InChI=1S/C11H12N2S/c1-2-10-9(13-4-1)6-11(14-10)8-3-5-12-7-8/h1-2,4,6,8,12H,3,5,7H2. The van der Waals surface area contributed by atoms with Gasteiger partial charge in [0.15, 0.2) is 0 Å². The van der Waals surface area contributed by atoms with Gasteiger partial charge in [0.05, 0.1) is 10.2 Å². The van der Waals surface area contributed by atoms with Crippen LogP contribution >= 0.6 is 11.3 Å². The van der Waals surface area contributed by atoms with Gasteiger partial charge in [-0.3, -0.25) is 4.98 Å². The Kier molecular flexibility index (Phi) is 2.00. The molecule has 3 heterocycles. The topological polar surface area (TPSA) is 24.9 Å². The predicted octanol–water partition coefficient (Wildman–Crippen LogP) is 2.37. The Morgan fingerprint density at radius 2 is 2.50 bits per heavy atom. The molecule has 0 radical (unpaired) electrons. The van der Waals surface area contributed by atoms with Crippen molar-refractivity contribution in [1.82, 2.24) is 10.3 Å². The number of hydrogen-bond donors (Lipinski definition) is 1. The Balaban J connectivity index is 2.05. The van der Waals surface area contributed by atoms with Crippen LogP contribution in [0.25, 0.3) is 10.2 Å². The molecule has 72 valence electrons. The summed E-state index contributed by atoms with van der Waals surface area (Å²) in [6.45, 7) is 2.29.